The van der Waals surface area contributed by atoms with Gasteiger partial charge in [0.2, 0.25) is 0 Å². The van der Waals surface area contributed by atoms with Crippen molar-refractivity contribution in [1.82, 2.24) is 11.0 Å². The largest absolute Gasteiger partial charge is 0.506 e. The highest BCUT2D eigenvalue weighted by molar-refractivity contribution is 6.40. The van der Waals surface area contributed by atoms with Crippen LogP contribution in [-0.4, -0.2) is 32.3 Å². The van der Waals surface area contributed by atoms with Crippen LogP contribution in [-0.2, 0) is 0 Å². The second kappa shape index (κ2) is 7.07. The molecule has 2 aromatic rings. The van der Waals surface area contributed by atoms with Crippen LogP contribution in [0, 0.1) is 0 Å². The number of aromatic hydroxyl groups is 2. The van der Waals surface area contributed by atoms with Crippen LogP contribution in [0.3, 0.4) is 0 Å². The van der Waals surface area contributed by atoms with E-state index in [4.69, 9.17) is 0 Å². The zero-order valence-corrected chi connectivity index (χ0v) is 11.3. The van der Waals surface area contributed by atoms with Crippen molar-refractivity contribution in [3.05, 3.63) is 48.5 Å². The SMILES string of the molecule is ONC(=Nc1ccccc1O)C(=Nc1ccccc1O)NO. The summed E-state index contributed by atoms with van der Waals surface area (Å²) in [4.78, 5) is 7.89. The van der Waals surface area contributed by atoms with Gasteiger partial charge in [-0.05, 0) is 24.3 Å². The van der Waals surface area contributed by atoms with Crippen LogP contribution in [0.4, 0.5) is 11.4 Å². The molecular formula is C14H14N4O4. The summed E-state index contributed by atoms with van der Waals surface area (Å²) in [5, 5.41) is 37.7. The van der Waals surface area contributed by atoms with Gasteiger partial charge in [-0.1, -0.05) is 24.3 Å². The van der Waals surface area contributed by atoms with Gasteiger partial charge in [0.15, 0.2) is 11.7 Å². The Kier molecular flexibility index (Phi) is 4.91. The molecule has 0 aliphatic rings. The quantitative estimate of drug-likeness (QED) is 0.285. The molecular weight excluding hydrogens is 288 g/mol. The van der Waals surface area contributed by atoms with Gasteiger partial charge in [-0.25, -0.2) is 20.9 Å². The summed E-state index contributed by atoms with van der Waals surface area (Å²) in [6, 6.07) is 12.3. The maximum Gasteiger partial charge on any atom is 0.195 e. The minimum absolute atomic E-state index is 0.116. The van der Waals surface area contributed by atoms with Crippen LogP contribution in [0.5, 0.6) is 11.5 Å². The molecule has 8 heteroatoms. The van der Waals surface area contributed by atoms with Gasteiger partial charge in [-0.15, -0.1) is 0 Å². The molecule has 0 aromatic heterocycles. The predicted octanol–water partition coefficient (Wildman–Crippen LogP) is 1.82. The molecule has 0 heterocycles. The van der Waals surface area contributed by atoms with Crippen molar-refractivity contribution in [2.45, 2.75) is 0 Å². The number of hydroxylamine groups is 2. The van der Waals surface area contributed by atoms with Crippen molar-refractivity contribution in [3.8, 4) is 11.5 Å². The average molecular weight is 302 g/mol. The summed E-state index contributed by atoms with van der Waals surface area (Å²) in [5.74, 6) is -0.746. The first kappa shape index (κ1) is 15.3. The number of para-hydroxylation sites is 4. The van der Waals surface area contributed by atoms with Gasteiger partial charge in [0, 0.05) is 0 Å². The van der Waals surface area contributed by atoms with Crippen molar-refractivity contribution >= 4 is 23.0 Å². The molecule has 6 N–H and O–H groups in total. The van der Waals surface area contributed by atoms with Crippen LogP contribution < -0.4 is 11.0 Å². The van der Waals surface area contributed by atoms with Crippen LogP contribution in [0.25, 0.3) is 0 Å². The van der Waals surface area contributed by atoms with Gasteiger partial charge in [0.25, 0.3) is 0 Å². The van der Waals surface area contributed by atoms with E-state index in [1.165, 1.54) is 24.3 Å². The van der Waals surface area contributed by atoms with E-state index in [1.807, 2.05) is 0 Å². The lowest BCUT2D eigenvalue weighted by Gasteiger charge is -2.08. The van der Waals surface area contributed by atoms with Gasteiger partial charge in [0.05, 0.1) is 0 Å². The van der Waals surface area contributed by atoms with Gasteiger partial charge in [-0.2, -0.15) is 0 Å². The number of nitrogens with one attached hydrogen (secondary N) is 2. The molecule has 22 heavy (non-hydrogen) atoms. The Bertz CT molecular complexity index is 654. The Balaban J connectivity index is 2.44. The van der Waals surface area contributed by atoms with E-state index in [1.54, 1.807) is 35.2 Å². The zero-order valence-electron chi connectivity index (χ0n) is 11.3. The number of benzene rings is 2. The number of amidine groups is 2. The Labute approximate surface area is 125 Å². The van der Waals surface area contributed by atoms with E-state index in [0.29, 0.717) is 0 Å². The highest BCUT2D eigenvalue weighted by atomic mass is 16.5. The first-order chi connectivity index (χ1) is 10.7. The summed E-state index contributed by atoms with van der Waals surface area (Å²) in [6.07, 6.45) is 0. The van der Waals surface area contributed by atoms with E-state index in [-0.39, 0.29) is 34.5 Å². The van der Waals surface area contributed by atoms with Gasteiger partial charge < -0.3 is 10.2 Å². The maximum absolute atomic E-state index is 9.66. The maximum atomic E-state index is 9.66. The van der Waals surface area contributed by atoms with Crippen molar-refractivity contribution in [1.29, 1.82) is 0 Å². The molecule has 0 aliphatic heterocycles. The molecule has 0 bridgehead atoms. The number of hydrogen-bond donors (Lipinski definition) is 6. The van der Waals surface area contributed by atoms with E-state index in [2.05, 4.69) is 9.98 Å². The molecule has 0 amide bonds. The second-order valence-corrected chi connectivity index (χ2v) is 4.12. The summed E-state index contributed by atoms with van der Waals surface area (Å²) in [5.41, 5.74) is 3.85. The fourth-order valence-electron chi connectivity index (χ4n) is 1.62. The molecule has 0 aliphatic carbocycles. The molecule has 8 nitrogen and oxygen atoms in total. The molecule has 0 saturated heterocycles. The molecule has 2 rings (SSSR count). The molecule has 114 valence electrons. The second-order valence-electron chi connectivity index (χ2n) is 4.12. The summed E-state index contributed by atoms with van der Waals surface area (Å²) in [7, 11) is 0. The molecule has 0 atom stereocenters. The van der Waals surface area contributed by atoms with E-state index < -0.39 is 0 Å². The Morgan fingerprint density at radius 2 is 1.05 bits per heavy atom. The highest BCUT2D eigenvalue weighted by Gasteiger charge is 2.11. The fraction of sp³-hybridized carbons (Fsp3) is 0. The van der Waals surface area contributed by atoms with Crippen molar-refractivity contribution in [3.63, 3.8) is 0 Å². The topological polar surface area (TPSA) is 130 Å². The monoisotopic (exact) mass is 302 g/mol. The third-order valence-corrected chi connectivity index (χ3v) is 2.66. The van der Waals surface area contributed by atoms with Gasteiger partial charge in [0.1, 0.15) is 22.9 Å². The Hall–Kier alpha value is -3.10. The average Bonchev–Trinajstić information content (AvgIpc) is 2.54. The van der Waals surface area contributed by atoms with Crippen LogP contribution in [0.2, 0.25) is 0 Å². The van der Waals surface area contributed by atoms with Crippen molar-refractivity contribution < 1.29 is 20.6 Å². The normalized spacial score (nSPS) is 12.1. The lowest BCUT2D eigenvalue weighted by Crippen LogP contribution is -2.37. The third kappa shape index (κ3) is 3.51. The first-order valence-electron chi connectivity index (χ1n) is 6.19. The number of rotatable bonds is 2. The minimum Gasteiger partial charge on any atom is -0.506 e. The third-order valence-electron chi connectivity index (χ3n) is 2.66. The summed E-state index contributed by atoms with van der Waals surface area (Å²) >= 11 is 0. The zero-order chi connectivity index (χ0) is 15.9. The van der Waals surface area contributed by atoms with E-state index in [9.17, 15) is 20.6 Å². The number of aliphatic imine (C=N–C) groups is 2. The summed E-state index contributed by atoms with van der Waals surface area (Å²) in [6.45, 7) is 0. The Morgan fingerprint density at radius 1 is 0.682 bits per heavy atom. The molecule has 0 fully saturated rings. The number of nitrogens with zero attached hydrogens (tertiary/aromatic N) is 2. The fourth-order valence-corrected chi connectivity index (χ4v) is 1.62. The van der Waals surface area contributed by atoms with Crippen LogP contribution in [0.15, 0.2) is 58.5 Å². The van der Waals surface area contributed by atoms with Crippen LogP contribution >= 0.6 is 0 Å². The van der Waals surface area contributed by atoms with E-state index in [0.717, 1.165) is 0 Å². The van der Waals surface area contributed by atoms with Gasteiger partial charge >= 0.3 is 0 Å². The number of hydrogen-bond acceptors (Lipinski definition) is 6. The summed E-state index contributed by atoms with van der Waals surface area (Å²) < 4.78 is 0. The molecule has 0 radical (unpaired) electrons. The smallest absolute Gasteiger partial charge is 0.195 e. The van der Waals surface area contributed by atoms with Crippen LogP contribution in [0.1, 0.15) is 0 Å². The highest BCUT2D eigenvalue weighted by Crippen LogP contribution is 2.26. The predicted molar refractivity (Wildman–Crippen MR) is 80.2 cm³/mol. The molecule has 2 aromatic carbocycles. The Morgan fingerprint density at radius 3 is 1.36 bits per heavy atom. The van der Waals surface area contributed by atoms with Crippen molar-refractivity contribution in [2.24, 2.45) is 9.98 Å². The lowest BCUT2D eigenvalue weighted by atomic mass is 10.3. The lowest BCUT2D eigenvalue weighted by molar-refractivity contribution is 0.223. The number of phenols is 2. The number of phenolic OH excluding ortho intramolecular Hbond substituents is 2. The van der Waals surface area contributed by atoms with Gasteiger partial charge in [-0.3, -0.25) is 10.4 Å². The van der Waals surface area contributed by atoms with Crippen molar-refractivity contribution in [2.75, 3.05) is 0 Å². The standard InChI is InChI=1S/C14H14N4O4/c19-11-7-3-1-5-9(11)15-13(17-21)14(18-22)16-10-6-2-4-8-12(10)20/h1-8,19-22H,(H,15,17)(H,16,18). The molecule has 0 unspecified atom stereocenters. The van der Waals surface area contributed by atoms with E-state index >= 15 is 0 Å². The first-order valence-corrected chi connectivity index (χ1v) is 6.19. The molecule has 0 saturated carbocycles. The minimum atomic E-state index is -0.257. The molecule has 0 spiro atoms.